The third-order valence-electron chi connectivity index (χ3n) is 3.84. The molecule has 1 rings (SSSR count). The smallest absolute Gasteiger partial charge is 0.0882 e. The number of unbranched alkanes of at least 4 members (excludes halogenated alkanes) is 7. The summed E-state index contributed by atoms with van der Waals surface area (Å²) in [4.78, 5) is 2.49. The SMILES string of the molecule is CCCCCCCCCCC(O)c1cc(C)c(C)s1. The van der Waals surface area contributed by atoms with Crippen LogP contribution in [0.3, 0.4) is 0 Å². The second-order valence-electron chi connectivity index (χ2n) is 5.67. The highest BCUT2D eigenvalue weighted by Crippen LogP contribution is 2.29. The summed E-state index contributed by atoms with van der Waals surface area (Å²) in [6.45, 7) is 6.51. The number of aliphatic hydroxyl groups is 1. The second-order valence-corrected chi connectivity index (χ2v) is 6.96. The highest BCUT2D eigenvalue weighted by molar-refractivity contribution is 7.12. The Balaban J connectivity index is 2.06. The van der Waals surface area contributed by atoms with E-state index in [2.05, 4.69) is 26.8 Å². The van der Waals surface area contributed by atoms with Gasteiger partial charge in [-0.15, -0.1) is 11.3 Å². The fourth-order valence-electron chi connectivity index (χ4n) is 2.38. The first-order chi connectivity index (χ1) is 9.15. The van der Waals surface area contributed by atoms with E-state index in [0.29, 0.717) is 0 Å². The molecule has 1 nitrogen and oxygen atoms in total. The van der Waals surface area contributed by atoms with Crippen molar-refractivity contribution in [3.8, 4) is 0 Å². The van der Waals surface area contributed by atoms with Crippen LogP contribution in [0.5, 0.6) is 0 Å². The van der Waals surface area contributed by atoms with Gasteiger partial charge in [0.15, 0.2) is 0 Å². The molecular formula is C17H30OS. The van der Waals surface area contributed by atoms with E-state index < -0.39 is 0 Å². The van der Waals surface area contributed by atoms with E-state index in [9.17, 15) is 5.11 Å². The van der Waals surface area contributed by atoms with Crippen molar-refractivity contribution in [3.63, 3.8) is 0 Å². The zero-order chi connectivity index (χ0) is 14.1. The molecule has 0 saturated carbocycles. The Labute approximate surface area is 123 Å². The average Bonchev–Trinajstić information content (AvgIpc) is 2.73. The summed E-state index contributed by atoms with van der Waals surface area (Å²) in [6, 6.07) is 2.15. The molecule has 0 aliphatic rings. The molecule has 1 aromatic rings. The highest BCUT2D eigenvalue weighted by Gasteiger charge is 2.11. The molecule has 1 aromatic heterocycles. The molecule has 1 N–H and O–H groups in total. The normalized spacial score (nSPS) is 12.8. The van der Waals surface area contributed by atoms with Crippen molar-refractivity contribution in [1.82, 2.24) is 0 Å². The van der Waals surface area contributed by atoms with Gasteiger partial charge in [-0.05, 0) is 31.9 Å². The predicted octanol–water partition coefficient (Wildman–Crippen LogP) is 5.93. The summed E-state index contributed by atoms with van der Waals surface area (Å²) in [5.41, 5.74) is 1.31. The van der Waals surface area contributed by atoms with Crippen LogP contribution in [-0.2, 0) is 0 Å². The maximum Gasteiger partial charge on any atom is 0.0882 e. The zero-order valence-corrected chi connectivity index (χ0v) is 13.7. The topological polar surface area (TPSA) is 20.2 Å². The number of aryl methyl sites for hydroxylation is 2. The van der Waals surface area contributed by atoms with Gasteiger partial charge in [0.25, 0.3) is 0 Å². The number of hydrogen-bond acceptors (Lipinski definition) is 2. The van der Waals surface area contributed by atoms with Crippen LogP contribution in [0, 0.1) is 13.8 Å². The maximum absolute atomic E-state index is 10.1. The molecule has 0 amide bonds. The number of aliphatic hydroxyl groups excluding tert-OH is 1. The van der Waals surface area contributed by atoms with Crippen LogP contribution in [-0.4, -0.2) is 5.11 Å². The van der Waals surface area contributed by atoms with E-state index in [1.165, 1.54) is 55.4 Å². The van der Waals surface area contributed by atoms with Crippen molar-refractivity contribution in [2.24, 2.45) is 0 Å². The van der Waals surface area contributed by atoms with Crippen molar-refractivity contribution in [2.45, 2.75) is 84.7 Å². The molecule has 0 bridgehead atoms. The molecule has 0 spiro atoms. The monoisotopic (exact) mass is 282 g/mol. The molecule has 1 unspecified atom stereocenters. The number of rotatable bonds is 10. The summed E-state index contributed by atoms with van der Waals surface area (Å²) in [5.74, 6) is 0. The van der Waals surface area contributed by atoms with Crippen LogP contribution >= 0.6 is 11.3 Å². The predicted molar refractivity (Wildman–Crippen MR) is 86.0 cm³/mol. The molecule has 2 heteroatoms. The largest absolute Gasteiger partial charge is 0.388 e. The Morgan fingerprint density at radius 2 is 1.58 bits per heavy atom. The molecule has 0 aromatic carbocycles. The minimum Gasteiger partial charge on any atom is -0.388 e. The van der Waals surface area contributed by atoms with Gasteiger partial charge < -0.3 is 5.11 Å². The van der Waals surface area contributed by atoms with Crippen LogP contribution in [0.4, 0.5) is 0 Å². The zero-order valence-electron chi connectivity index (χ0n) is 12.9. The summed E-state index contributed by atoms with van der Waals surface area (Å²) < 4.78 is 0. The Morgan fingerprint density at radius 1 is 1.00 bits per heavy atom. The van der Waals surface area contributed by atoms with Gasteiger partial charge in [-0.2, -0.15) is 0 Å². The number of hydrogen-bond donors (Lipinski definition) is 1. The Bertz CT molecular complexity index is 324. The van der Waals surface area contributed by atoms with Crippen LogP contribution < -0.4 is 0 Å². The average molecular weight is 282 g/mol. The lowest BCUT2D eigenvalue weighted by Crippen LogP contribution is -1.94. The fraction of sp³-hybridized carbons (Fsp3) is 0.765. The van der Waals surface area contributed by atoms with E-state index >= 15 is 0 Å². The first kappa shape index (κ1) is 16.7. The summed E-state index contributed by atoms with van der Waals surface area (Å²) in [6.07, 6.45) is 11.3. The molecule has 19 heavy (non-hydrogen) atoms. The van der Waals surface area contributed by atoms with Gasteiger partial charge in [0.2, 0.25) is 0 Å². The van der Waals surface area contributed by atoms with Crippen molar-refractivity contribution >= 4 is 11.3 Å². The quantitative estimate of drug-likeness (QED) is 0.527. The van der Waals surface area contributed by atoms with Gasteiger partial charge in [0.05, 0.1) is 6.10 Å². The van der Waals surface area contributed by atoms with Crippen molar-refractivity contribution in [1.29, 1.82) is 0 Å². The molecule has 110 valence electrons. The minimum absolute atomic E-state index is 0.238. The number of thiophene rings is 1. The van der Waals surface area contributed by atoms with Crippen LogP contribution in [0.25, 0.3) is 0 Å². The maximum atomic E-state index is 10.1. The van der Waals surface area contributed by atoms with E-state index in [1.54, 1.807) is 11.3 Å². The third-order valence-corrected chi connectivity index (χ3v) is 5.10. The molecule has 0 fully saturated rings. The van der Waals surface area contributed by atoms with Crippen LogP contribution in [0.15, 0.2) is 6.07 Å². The lowest BCUT2D eigenvalue weighted by atomic mass is 10.0. The van der Waals surface area contributed by atoms with Gasteiger partial charge >= 0.3 is 0 Å². The Kier molecular flexibility index (Phi) is 8.40. The van der Waals surface area contributed by atoms with Gasteiger partial charge in [0.1, 0.15) is 0 Å². The van der Waals surface area contributed by atoms with Crippen molar-refractivity contribution < 1.29 is 5.11 Å². The standard InChI is InChI=1S/C17H30OS/c1-4-5-6-7-8-9-10-11-12-16(18)17-13-14(2)15(3)19-17/h13,16,18H,4-12H2,1-3H3. The molecular weight excluding hydrogens is 252 g/mol. The molecule has 0 aliphatic carbocycles. The van der Waals surface area contributed by atoms with Gasteiger partial charge in [-0.25, -0.2) is 0 Å². The van der Waals surface area contributed by atoms with Gasteiger partial charge in [-0.1, -0.05) is 58.3 Å². The van der Waals surface area contributed by atoms with Gasteiger partial charge in [0, 0.05) is 9.75 Å². The lowest BCUT2D eigenvalue weighted by molar-refractivity contribution is 0.167. The van der Waals surface area contributed by atoms with E-state index in [-0.39, 0.29) is 6.10 Å². The molecule has 0 aliphatic heterocycles. The van der Waals surface area contributed by atoms with Crippen LogP contribution in [0.2, 0.25) is 0 Å². The Hall–Kier alpha value is -0.340. The second kappa shape index (κ2) is 9.55. The summed E-state index contributed by atoms with van der Waals surface area (Å²) >= 11 is 1.75. The molecule has 1 atom stereocenters. The molecule has 0 radical (unpaired) electrons. The summed E-state index contributed by atoms with van der Waals surface area (Å²) in [7, 11) is 0. The van der Waals surface area contributed by atoms with Crippen molar-refractivity contribution in [2.75, 3.05) is 0 Å². The Morgan fingerprint density at radius 3 is 2.11 bits per heavy atom. The molecule has 0 saturated heterocycles. The lowest BCUT2D eigenvalue weighted by Gasteiger charge is -2.08. The highest BCUT2D eigenvalue weighted by atomic mass is 32.1. The first-order valence-electron chi connectivity index (χ1n) is 7.90. The third kappa shape index (κ3) is 6.58. The van der Waals surface area contributed by atoms with Crippen molar-refractivity contribution in [3.05, 3.63) is 21.4 Å². The first-order valence-corrected chi connectivity index (χ1v) is 8.71. The van der Waals surface area contributed by atoms with Gasteiger partial charge in [-0.3, -0.25) is 0 Å². The minimum atomic E-state index is -0.238. The summed E-state index contributed by atoms with van der Waals surface area (Å²) in [5, 5.41) is 10.1. The molecule has 1 heterocycles. The van der Waals surface area contributed by atoms with E-state index in [4.69, 9.17) is 0 Å². The fourth-order valence-corrected chi connectivity index (χ4v) is 3.44. The van der Waals surface area contributed by atoms with Crippen LogP contribution in [0.1, 0.15) is 86.1 Å². The van der Waals surface area contributed by atoms with E-state index in [0.717, 1.165) is 17.7 Å². The van der Waals surface area contributed by atoms with E-state index in [1.807, 2.05) is 0 Å².